The first-order valence-electron chi connectivity index (χ1n) is 11.1. The number of hydrogen-bond donors (Lipinski definition) is 1. The topological polar surface area (TPSA) is 32.3 Å². The molecule has 1 N–H and O–H groups in total. The average Bonchev–Trinajstić information content (AvgIpc) is 2.80. The number of nitrogens with one attached hydrogen (secondary N) is 1. The van der Waals surface area contributed by atoms with Gasteiger partial charge >= 0.3 is 0 Å². The van der Waals surface area contributed by atoms with Crippen molar-refractivity contribution in [1.82, 2.24) is 4.90 Å². The van der Waals surface area contributed by atoms with Crippen molar-refractivity contribution in [3.8, 4) is 0 Å². The van der Waals surface area contributed by atoms with E-state index in [1.807, 2.05) is 23.9 Å². The summed E-state index contributed by atoms with van der Waals surface area (Å²) < 4.78 is 1.10. The van der Waals surface area contributed by atoms with E-state index in [9.17, 15) is 4.79 Å². The molecule has 1 saturated heterocycles. The molecule has 1 fully saturated rings. The number of thioether (sulfide) groups is 1. The van der Waals surface area contributed by atoms with Crippen molar-refractivity contribution in [3.05, 3.63) is 94.0 Å². The predicted molar refractivity (Wildman–Crippen MR) is 138 cm³/mol. The van der Waals surface area contributed by atoms with E-state index in [-0.39, 0.29) is 11.8 Å². The lowest BCUT2D eigenvalue weighted by Gasteiger charge is -2.32. The average molecular weight is 510 g/mol. The van der Waals surface area contributed by atoms with Crippen LogP contribution in [0.25, 0.3) is 0 Å². The maximum atomic E-state index is 13.0. The number of piperidine rings is 1. The molecule has 1 aliphatic heterocycles. The Hall–Kier alpha value is -2.08. The number of benzene rings is 3. The zero-order chi connectivity index (χ0) is 22.3. The number of hydrogen-bond acceptors (Lipinski definition) is 3. The van der Waals surface area contributed by atoms with Crippen molar-refractivity contribution in [1.29, 1.82) is 0 Å². The first-order chi connectivity index (χ1) is 15.6. The van der Waals surface area contributed by atoms with Gasteiger partial charge in [0.2, 0.25) is 5.91 Å². The summed E-state index contributed by atoms with van der Waals surface area (Å²) in [4.78, 5) is 16.7. The molecule has 3 nitrogen and oxygen atoms in total. The van der Waals surface area contributed by atoms with Gasteiger partial charge in [0.1, 0.15) is 0 Å². The van der Waals surface area contributed by atoms with Crippen LogP contribution in [-0.4, -0.2) is 23.9 Å². The number of amides is 1. The van der Waals surface area contributed by atoms with E-state index in [4.69, 9.17) is 0 Å². The van der Waals surface area contributed by atoms with Crippen LogP contribution in [0.5, 0.6) is 0 Å². The Labute approximate surface area is 203 Å². The number of carbonyl (C=O) groups excluding carboxylic acids is 1. The van der Waals surface area contributed by atoms with Crippen molar-refractivity contribution >= 4 is 39.3 Å². The molecule has 1 amide bonds. The molecule has 4 rings (SSSR count). The predicted octanol–water partition coefficient (Wildman–Crippen LogP) is 6.90. The van der Waals surface area contributed by atoms with Gasteiger partial charge in [0.25, 0.3) is 0 Å². The standard InChI is InChI=1S/C27H29BrN2OS/c1-20-15-22(19-32-25-10-3-2-4-11-25)12-13-26(20)29-27(31)23-8-6-14-30(18-23)17-21-7-5-9-24(28)16-21/h2-5,7,9-13,15-16,23H,6,8,14,17-19H2,1H3,(H,29,31). The number of nitrogens with zero attached hydrogens (tertiary/aromatic N) is 1. The first kappa shape index (κ1) is 23.1. The number of carbonyl (C=O) groups is 1. The van der Waals surface area contributed by atoms with E-state index < -0.39 is 0 Å². The van der Waals surface area contributed by atoms with Crippen LogP contribution < -0.4 is 5.32 Å². The van der Waals surface area contributed by atoms with Crippen LogP contribution in [0.2, 0.25) is 0 Å². The maximum Gasteiger partial charge on any atom is 0.228 e. The van der Waals surface area contributed by atoms with Crippen LogP contribution in [-0.2, 0) is 17.1 Å². The molecule has 1 unspecified atom stereocenters. The Morgan fingerprint density at radius 3 is 2.69 bits per heavy atom. The van der Waals surface area contributed by atoms with E-state index in [1.165, 1.54) is 16.0 Å². The van der Waals surface area contributed by atoms with Crippen LogP contribution in [0.15, 0.2) is 82.2 Å². The Balaban J connectivity index is 1.32. The van der Waals surface area contributed by atoms with E-state index >= 15 is 0 Å². The Morgan fingerprint density at radius 2 is 1.91 bits per heavy atom. The summed E-state index contributed by atoms with van der Waals surface area (Å²) in [5, 5.41) is 3.19. The Bertz CT molecular complexity index is 1060. The monoisotopic (exact) mass is 508 g/mol. The second-order valence-corrected chi connectivity index (χ2v) is 10.4. The molecule has 0 spiro atoms. The number of aryl methyl sites for hydroxylation is 1. The molecule has 1 atom stereocenters. The number of likely N-dealkylation sites (tertiary alicyclic amines) is 1. The molecule has 32 heavy (non-hydrogen) atoms. The number of anilines is 1. The lowest BCUT2D eigenvalue weighted by molar-refractivity contribution is -0.121. The van der Waals surface area contributed by atoms with Gasteiger partial charge in [-0.05, 0) is 73.3 Å². The first-order valence-corrected chi connectivity index (χ1v) is 12.9. The SMILES string of the molecule is Cc1cc(CSc2ccccc2)ccc1NC(=O)C1CCCN(Cc2cccc(Br)c2)C1. The van der Waals surface area contributed by atoms with Crippen LogP contribution in [0, 0.1) is 12.8 Å². The van der Waals surface area contributed by atoms with E-state index in [0.29, 0.717) is 0 Å². The molecular weight excluding hydrogens is 480 g/mol. The van der Waals surface area contributed by atoms with Gasteiger partial charge < -0.3 is 5.32 Å². The molecule has 0 bridgehead atoms. The zero-order valence-corrected chi connectivity index (χ0v) is 20.8. The minimum atomic E-state index is 0.0311. The summed E-state index contributed by atoms with van der Waals surface area (Å²) in [6.45, 7) is 4.81. The lowest BCUT2D eigenvalue weighted by atomic mass is 9.96. The van der Waals surface area contributed by atoms with Gasteiger partial charge in [-0.25, -0.2) is 0 Å². The van der Waals surface area contributed by atoms with Gasteiger partial charge in [0.15, 0.2) is 0 Å². The summed E-state index contributed by atoms with van der Waals surface area (Å²) in [5.74, 6) is 1.09. The molecule has 3 aromatic rings. The third-order valence-corrected chi connectivity index (χ3v) is 7.45. The molecule has 1 heterocycles. The largest absolute Gasteiger partial charge is 0.326 e. The summed E-state index contributed by atoms with van der Waals surface area (Å²) in [6.07, 6.45) is 2.01. The van der Waals surface area contributed by atoms with Crippen LogP contribution >= 0.6 is 27.7 Å². The van der Waals surface area contributed by atoms with Gasteiger partial charge in [0.05, 0.1) is 5.92 Å². The van der Waals surface area contributed by atoms with Crippen molar-refractivity contribution in [2.75, 3.05) is 18.4 Å². The summed E-state index contributed by atoms with van der Waals surface area (Å²) >= 11 is 5.38. The molecule has 0 radical (unpaired) electrons. The molecule has 5 heteroatoms. The second-order valence-electron chi connectivity index (χ2n) is 8.44. The quantitative estimate of drug-likeness (QED) is 0.352. The van der Waals surface area contributed by atoms with Crippen LogP contribution in [0.3, 0.4) is 0 Å². The van der Waals surface area contributed by atoms with Gasteiger partial charge in [0, 0.05) is 33.9 Å². The van der Waals surface area contributed by atoms with E-state index in [1.54, 1.807) is 0 Å². The fourth-order valence-electron chi connectivity index (χ4n) is 4.18. The summed E-state index contributed by atoms with van der Waals surface area (Å²) in [6, 6.07) is 25.2. The molecule has 1 aliphatic rings. The molecule has 0 aliphatic carbocycles. The highest BCUT2D eigenvalue weighted by molar-refractivity contribution is 9.10. The number of halogens is 1. The van der Waals surface area contributed by atoms with Crippen LogP contribution in [0.1, 0.15) is 29.5 Å². The lowest BCUT2D eigenvalue weighted by Crippen LogP contribution is -2.40. The molecular formula is C27H29BrN2OS. The normalized spacial score (nSPS) is 16.6. The van der Waals surface area contributed by atoms with Crippen molar-refractivity contribution < 1.29 is 4.79 Å². The summed E-state index contributed by atoms with van der Waals surface area (Å²) in [7, 11) is 0. The van der Waals surface area contributed by atoms with Gasteiger partial charge in [-0.15, -0.1) is 11.8 Å². The highest BCUT2D eigenvalue weighted by Crippen LogP contribution is 2.26. The third-order valence-electron chi connectivity index (χ3n) is 5.87. The molecule has 166 valence electrons. The maximum absolute atomic E-state index is 13.0. The molecule has 0 aromatic heterocycles. The fourth-order valence-corrected chi connectivity index (χ4v) is 5.49. The summed E-state index contributed by atoms with van der Waals surface area (Å²) in [5.41, 5.74) is 4.59. The van der Waals surface area contributed by atoms with Crippen molar-refractivity contribution in [2.24, 2.45) is 5.92 Å². The number of rotatable bonds is 7. The van der Waals surface area contributed by atoms with E-state index in [0.717, 1.165) is 54.0 Å². The van der Waals surface area contributed by atoms with Gasteiger partial charge in [-0.3, -0.25) is 9.69 Å². The smallest absolute Gasteiger partial charge is 0.228 e. The highest BCUT2D eigenvalue weighted by atomic mass is 79.9. The zero-order valence-electron chi connectivity index (χ0n) is 18.4. The minimum absolute atomic E-state index is 0.0311. The van der Waals surface area contributed by atoms with Crippen molar-refractivity contribution in [2.45, 2.75) is 37.0 Å². The van der Waals surface area contributed by atoms with E-state index in [2.05, 4.69) is 93.7 Å². The molecule has 3 aromatic carbocycles. The van der Waals surface area contributed by atoms with Gasteiger partial charge in [-0.2, -0.15) is 0 Å². The van der Waals surface area contributed by atoms with Crippen molar-refractivity contribution in [3.63, 3.8) is 0 Å². The second kappa shape index (κ2) is 11.2. The molecule has 0 saturated carbocycles. The van der Waals surface area contributed by atoms with Crippen LogP contribution in [0.4, 0.5) is 5.69 Å². The minimum Gasteiger partial charge on any atom is -0.326 e. The third kappa shape index (κ3) is 6.47. The Kier molecular flexibility index (Phi) is 8.06. The highest BCUT2D eigenvalue weighted by Gasteiger charge is 2.26. The Morgan fingerprint density at radius 1 is 1.06 bits per heavy atom. The van der Waals surface area contributed by atoms with Gasteiger partial charge in [-0.1, -0.05) is 58.4 Å². The fraction of sp³-hybridized carbons (Fsp3) is 0.296.